The van der Waals surface area contributed by atoms with E-state index in [9.17, 15) is 9.59 Å². The number of amides is 2. The van der Waals surface area contributed by atoms with E-state index in [2.05, 4.69) is 34.6 Å². The van der Waals surface area contributed by atoms with Gasteiger partial charge in [-0.25, -0.2) is 4.98 Å². The Bertz CT molecular complexity index is 1420. The van der Waals surface area contributed by atoms with Gasteiger partial charge in [0.05, 0.1) is 6.04 Å². The third kappa shape index (κ3) is 5.73. The third-order valence-electron chi connectivity index (χ3n) is 6.55. The van der Waals surface area contributed by atoms with E-state index < -0.39 is 0 Å². The Hall–Kier alpha value is -3.97. The predicted octanol–water partition coefficient (Wildman–Crippen LogP) is 5.45. The van der Waals surface area contributed by atoms with Gasteiger partial charge >= 0.3 is 0 Å². The Balaban J connectivity index is 1.27. The molecule has 0 radical (unpaired) electrons. The first kappa shape index (κ1) is 24.7. The number of ether oxygens (including phenoxy) is 1. The zero-order valence-corrected chi connectivity index (χ0v) is 21.8. The number of aromatic nitrogens is 1. The maximum Gasteiger partial charge on any atom is 0.271 e. The average molecular weight is 512 g/mol. The summed E-state index contributed by atoms with van der Waals surface area (Å²) in [4.78, 5) is 31.4. The monoisotopic (exact) mass is 511 g/mol. The van der Waals surface area contributed by atoms with Crippen LogP contribution in [0.4, 0.5) is 0 Å². The minimum atomic E-state index is -0.201. The van der Waals surface area contributed by atoms with Crippen molar-refractivity contribution in [1.82, 2.24) is 15.2 Å². The zero-order chi connectivity index (χ0) is 25.8. The molecule has 5 rings (SSSR count). The molecule has 0 bridgehead atoms. The first-order valence-electron chi connectivity index (χ1n) is 12.3. The summed E-state index contributed by atoms with van der Waals surface area (Å²) < 4.78 is 6.09. The molecule has 2 heterocycles. The van der Waals surface area contributed by atoms with Gasteiger partial charge in [0.15, 0.2) is 0 Å². The molecule has 7 heteroatoms. The van der Waals surface area contributed by atoms with Crippen LogP contribution >= 0.6 is 11.3 Å². The van der Waals surface area contributed by atoms with Crippen LogP contribution < -0.4 is 10.1 Å². The number of carbonyl (C=O) groups excluding carboxylic acids is 2. The summed E-state index contributed by atoms with van der Waals surface area (Å²) in [6.07, 6.45) is 0.812. The molecule has 188 valence electrons. The number of nitrogens with zero attached hydrogens (tertiary/aromatic N) is 2. The number of hydrogen-bond donors (Lipinski definition) is 1. The molecule has 1 aromatic heterocycles. The minimum Gasteiger partial charge on any atom is -0.486 e. The Morgan fingerprint density at radius 1 is 1.08 bits per heavy atom. The predicted molar refractivity (Wildman–Crippen MR) is 145 cm³/mol. The molecule has 1 aliphatic rings. The van der Waals surface area contributed by atoms with Gasteiger partial charge in [0.1, 0.15) is 23.1 Å². The Labute approximate surface area is 220 Å². The molecule has 2 amide bonds. The van der Waals surface area contributed by atoms with Crippen molar-refractivity contribution in [2.45, 2.75) is 39.5 Å². The van der Waals surface area contributed by atoms with Gasteiger partial charge in [0, 0.05) is 25.4 Å². The van der Waals surface area contributed by atoms with Crippen LogP contribution in [0.25, 0.3) is 0 Å². The second kappa shape index (κ2) is 11.0. The first-order valence-corrected chi connectivity index (χ1v) is 13.2. The summed E-state index contributed by atoms with van der Waals surface area (Å²) in [6, 6.07) is 24.1. The number of rotatable bonds is 7. The van der Waals surface area contributed by atoms with Crippen LogP contribution in [0.3, 0.4) is 0 Å². The van der Waals surface area contributed by atoms with Gasteiger partial charge in [-0.05, 0) is 47.7 Å². The van der Waals surface area contributed by atoms with Gasteiger partial charge in [-0.1, -0.05) is 66.2 Å². The second-order valence-electron chi connectivity index (χ2n) is 9.22. The lowest BCUT2D eigenvalue weighted by atomic mass is 9.88. The van der Waals surface area contributed by atoms with Gasteiger partial charge in [-0.2, -0.15) is 0 Å². The molecule has 4 aromatic rings. The fourth-order valence-electron chi connectivity index (χ4n) is 4.74. The molecule has 37 heavy (non-hydrogen) atoms. The number of thiazole rings is 1. The highest BCUT2D eigenvalue weighted by molar-refractivity contribution is 7.09. The quantitative estimate of drug-likeness (QED) is 0.358. The van der Waals surface area contributed by atoms with Crippen molar-refractivity contribution in [3.05, 3.63) is 117 Å². The molecule has 0 aliphatic carbocycles. The highest BCUT2D eigenvalue weighted by atomic mass is 32.1. The van der Waals surface area contributed by atoms with Crippen LogP contribution in [-0.2, 0) is 24.4 Å². The molecular weight excluding hydrogens is 482 g/mol. The average Bonchev–Trinajstić information content (AvgIpc) is 3.39. The zero-order valence-electron chi connectivity index (χ0n) is 20.9. The summed E-state index contributed by atoms with van der Waals surface area (Å²) in [7, 11) is 0. The summed E-state index contributed by atoms with van der Waals surface area (Å²) in [6.45, 7) is 5.07. The highest BCUT2D eigenvalue weighted by Gasteiger charge is 2.30. The lowest BCUT2D eigenvalue weighted by Gasteiger charge is -2.37. The third-order valence-corrected chi connectivity index (χ3v) is 7.37. The van der Waals surface area contributed by atoms with Gasteiger partial charge in [-0.15, -0.1) is 11.3 Å². The number of carbonyl (C=O) groups is 2. The lowest BCUT2D eigenvalue weighted by molar-refractivity contribution is -0.130. The van der Waals surface area contributed by atoms with E-state index in [0.717, 1.165) is 33.7 Å². The van der Waals surface area contributed by atoms with Crippen LogP contribution in [0.1, 0.15) is 56.3 Å². The molecule has 3 aromatic carbocycles. The van der Waals surface area contributed by atoms with E-state index in [4.69, 9.17) is 4.74 Å². The minimum absolute atomic E-state index is 0.0572. The molecule has 0 saturated carbocycles. The van der Waals surface area contributed by atoms with Crippen LogP contribution in [0.15, 0.2) is 78.2 Å². The fraction of sp³-hybridized carbons (Fsp3) is 0.233. The molecule has 1 atom stereocenters. The lowest BCUT2D eigenvalue weighted by Crippen LogP contribution is -2.39. The van der Waals surface area contributed by atoms with Gasteiger partial charge < -0.3 is 15.0 Å². The van der Waals surface area contributed by atoms with E-state index in [0.29, 0.717) is 24.5 Å². The second-order valence-corrected chi connectivity index (χ2v) is 10.2. The molecule has 1 N–H and O–H groups in total. The maximum atomic E-state index is 12.6. The Morgan fingerprint density at radius 2 is 1.92 bits per heavy atom. The highest BCUT2D eigenvalue weighted by Crippen LogP contribution is 2.37. The van der Waals surface area contributed by atoms with Crippen molar-refractivity contribution in [2.75, 3.05) is 6.54 Å². The summed E-state index contributed by atoms with van der Waals surface area (Å²) >= 11 is 1.40. The Morgan fingerprint density at radius 3 is 2.70 bits per heavy atom. The van der Waals surface area contributed by atoms with E-state index in [1.807, 2.05) is 60.4 Å². The number of fused-ring (bicyclic) bond motifs is 1. The van der Waals surface area contributed by atoms with Crippen molar-refractivity contribution in [1.29, 1.82) is 0 Å². The van der Waals surface area contributed by atoms with Crippen LogP contribution in [-0.4, -0.2) is 28.2 Å². The van der Waals surface area contributed by atoms with Crippen molar-refractivity contribution in [2.24, 2.45) is 0 Å². The largest absolute Gasteiger partial charge is 0.486 e. The summed E-state index contributed by atoms with van der Waals surface area (Å²) in [5, 5.41) is 5.41. The van der Waals surface area contributed by atoms with Crippen molar-refractivity contribution < 1.29 is 14.3 Å². The summed E-state index contributed by atoms with van der Waals surface area (Å²) in [5.41, 5.74) is 5.99. The number of benzene rings is 3. The van der Waals surface area contributed by atoms with Crippen LogP contribution in [0.5, 0.6) is 5.75 Å². The van der Waals surface area contributed by atoms with Crippen molar-refractivity contribution in [3.8, 4) is 5.75 Å². The normalized spacial score (nSPS) is 14.6. The molecule has 0 saturated heterocycles. The molecule has 6 nitrogen and oxygen atoms in total. The van der Waals surface area contributed by atoms with Gasteiger partial charge in [0.2, 0.25) is 5.91 Å². The van der Waals surface area contributed by atoms with Crippen molar-refractivity contribution >= 4 is 23.2 Å². The SMILES string of the molecule is CC(=O)N1CCc2ccc(OCc3nc(C(=O)NCc4cccc(C)c4)cs3)cc2C1c1ccccc1. The summed E-state index contributed by atoms with van der Waals surface area (Å²) in [5.74, 6) is 0.570. The smallest absolute Gasteiger partial charge is 0.271 e. The number of aryl methyl sites for hydroxylation is 1. The Kier molecular flexibility index (Phi) is 7.32. The maximum absolute atomic E-state index is 12.6. The van der Waals surface area contributed by atoms with E-state index >= 15 is 0 Å². The fourth-order valence-corrected chi connectivity index (χ4v) is 5.42. The van der Waals surface area contributed by atoms with Crippen molar-refractivity contribution in [3.63, 3.8) is 0 Å². The molecular formula is C30H29N3O3S. The number of hydrogen-bond acceptors (Lipinski definition) is 5. The van der Waals surface area contributed by atoms with Gasteiger partial charge in [0.25, 0.3) is 5.91 Å². The van der Waals surface area contributed by atoms with E-state index in [1.165, 1.54) is 16.9 Å². The molecule has 0 fully saturated rings. The van der Waals surface area contributed by atoms with E-state index in [-0.39, 0.29) is 24.5 Å². The number of nitrogens with one attached hydrogen (secondary N) is 1. The van der Waals surface area contributed by atoms with Gasteiger partial charge in [-0.3, -0.25) is 9.59 Å². The molecule has 1 unspecified atom stereocenters. The standard InChI is InChI=1S/C30H29N3O3S/c1-20-7-6-8-22(15-20)17-31-30(35)27-19-37-28(32-27)18-36-25-12-11-23-13-14-33(21(2)34)29(26(23)16-25)24-9-4-3-5-10-24/h3-12,15-16,19,29H,13-14,17-18H2,1-2H3,(H,31,35). The van der Waals surface area contributed by atoms with E-state index in [1.54, 1.807) is 12.3 Å². The topological polar surface area (TPSA) is 71.5 Å². The van der Waals surface area contributed by atoms with Crippen LogP contribution in [0.2, 0.25) is 0 Å². The first-order chi connectivity index (χ1) is 18.0. The van der Waals surface area contributed by atoms with Crippen LogP contribution in [0, 0.1) is 6.92 Å². The molecule has 0 spiro atoms. The molecule has 1 aliphatic heterocycles.